The van der Waals surface area contributed by atoms with Crippen molar-refractivity contribution in [1.29, 1.82) is 0 Å². The predicted molar refractivity (Wildman–Crippen MR) is 76.8 cm³/mol. The van der Waals surface area contributed by atoms with Gasteiger partial charge in [0.2, 0.25) is 0 Å². The Labute approximate surface area is 111 Å². The molecule has 0 radical (unpaired) electrons. The fraction of sp³-hybridized carbons (Fsp3) is 0.647. The molecule has 98 valence electrons. The molecule has 2 aliphatic carbocycles. The van der Waals surface area contributed by atoms with Gasteiger partial charge < -0.3 is 5.32 Å². The Morgan fingerprint density at radius 1 is 1.33 bits per heavy atom. The lowest BCUT2D eigenvalue weighted by molar-refractivity contribution is 0.387. The molecule has 0 aromatic heterocycles. The minimum Gasteiger partial charge on any atom is -0.309 e. The van der Waals surface area contributed by atoms with Crippen molar-refractivity contribution < 1.29 is 0 Å². The van der Waals surface area contributed by atoms with E-state index in [0.717, 1.165) is 0 Å². The number of benzene rings is 1. The summed E-state index contributed by atoms with van der Waals surface area (Å²) in [5.41, 5.74) is 5.21. The van der Waals surface area contributed by atoms with Gasteiger partial charge in [-0.2, -0.15) is 0 Å². The van der Waals surface area contributed by atoms with Crippen LogP contribution in [0.1, 0.15) is 61.8 Å². The molecule has 1 nitrogen and oxygen atoms in total. The van der Waals surface area contributed by atoms with Gasteiger partial charge in [-0.05, 0) is 55.6 Å². The van der Waals surface area contributed by atoms with E-state index in [1.165, 1.54) is 50.6 Å². The first-order valence-electron chi connectivity index (χ1n) is 7.55. The van der Waals surface area contributed by atoms with Crippen LogP contribution < -0.4 is 5.32 Å². The van der Waals surface area contributed by atoms with Crippen LogP contribution in [0.3, 0.4) is 0 Å². The van der Waals surface area contributed by atoms with Crippen molar-refractivity contribution in [3.05, 3.63) is 34.9 Å². The van der Waals surface area contributed by atoms with Crippen LogP contribution in [0.25, 0.3) is 0 Å². The minimum atomic E-state index is 0.620. The number of aryl methyl sites for hydroxylation is 2. The number of rotatable bonds is 5. The van der Waals surface area contributed by atoms with Gasteiger partial charge in [-0.3, -0.25) is 0 Å². The monoisotopic (exact) mass is 243 g/mol. The molecule has 1 unspecified atom stereocenters. The highest BCUT2D eigenvalue weighted by Crippen LogP contribution is 2.49. The summed E-state index contributed by atoms with van der Waals surface area (Å²) in [6.07, 6.45) is 8.19. The van der Waals surface area contributed by atoms with Gasteiger partial charge in [0, 0.05) is 12.6 Å². The van der Waals surface area contributed by atoms with Crippen LogP contribution in [0.5, 0.6) is 0 Å². The van der Waals surface area contributed by atoms with Crippen LogP contribution in [-0.2, 0) is 6.42 Å². The molecule has 0 amide bonds. The zero-order valence-electron chi connectivity index (χ0n) is 11.8. The van der Waals surface area contributed by atoms with Gasteiger partial charge >= 0.3 is 0 Å². The highest BCUT2D eigenvalue weighted by atomic mass is 14.9. The molecule has 1 aromatic rings. The number of fused-ring (bicyclic) bond motifs is 1. The summed E-state index contributed by atoms with van der Waals surface area (Å²) in [5, 5.41) is 3.85. The topological polar surface area (TPSA) is 12.0 Å². The third-order valence-corrected chi connectivity index (χ3v) is 4.84. The second-order valence-electron chi connectivity index (χ2n) is 6.42. The molecule has 1 heteroatoms. The maximum absolute atomic E-state index is 3.85. The summed E-state index contributed by atoms with van der Waals surface area (Å²) in [4.78, 5) is 0. The molecular formula is C17H25N. The fourth-order valence-corrected chi connectivity index (χ4v) is 3.50. The maximum atomic E-state index is 3.85. The second-order valence-corrected chi connectivity index (χ2v) is 6.42. The van der Waals surface area contributed by atoms with Crippen LogP contribution in [0.2, 0.25) is 0 Å². The van der Waals surface area contributed by atoms with E-state index in [0.29, 0.717) is 11.5 Å². The SMILES string of the molecule is CCCC1(CNC2CCc3ccc(C)cc32)CC1. The van der Waals surface area contributed by atoms with E-state index in [9.17, 15) is 0 Å². The number of nitrogens with one attached hydrogen (secondary N) is 1. The first-order chi connectivity index (χ1) is 8.72. The number of hydrogen-bond donors (Lipinski definition) is 1. The van der Waals surface area contributed by atoms with Crippen LogP contribution in [0.15, 0.2) is 18.2 Å². The average molecular weight is 243 g/mol. The smallest absolute Gasteiger partial charge is 0.0326 e. The van der Waals surface area contributed by atoms with Gasteiger partial charge in [0.05, 0.1) is 0 Å². The van der Waals surface area contributed by atoms with Gasteiger partial charge in [-0.1, -0.05) is 37.1 Å². The van der Waals surface area contributed by atoms with Crippen LogP contribution in [-0.4, -0.2) is 6.54 Å². The van der Waals surface area contributed by atoms with Gasteiger partial charge in [-0.25, -0.2) is 0 Å². The Kier molecular flexibility index (Phi) is 3.19. The first-order valence-corrected chi connectivity index (χ1v) is 7.55. The van der Waals surface area contributed by atoms with Crippen LogP contribution >= 0.6 is 0 Å². The summed E-state index contributed by atoms with van der Waals surface area (Å²) in [6, 6.07) is 7.58. The first kappa shape index (κ1) is 12.2. The van der Waals surface area contributed by atoms with Gasteiger partial charge in [0.25, 0.3) is 0 Å². The summed E-state index contributed by atoms with van der Waals surface area (Å²) in [7, 11) is 0. The highest BCUT2D eigenvalue weighted by molar-refractivity contribution is 5.37. The Morgan fingerprint density at radius 2 is 2.17 bits per heavy atom. The Bertz CT molecular complexity index is 431. The predicted octanol–water partition coefficient (Wildman–Crippen LogP) is 4.15. The normalized spacial score (nSPS) is 24.0. The summed E-state index contributed by atoms with van der Waals surface area (Å²) in [5.74, 6) is 0. The third-order valence-electron chi connectivity index (χ3n) is 4.84. The molecule has 3 rings (SSSR count). The quantitative estimate of drug-likeness (QED) is 0.819. The number of hydrogen-bond acceptors (Lipinski definition) is 1. The largest absolute Gasteiger partial charge is 0.309 e. The van der Waals surface area contributed by atoms with E-state index < -0.39 is 0 Å². The molecular weight excluding hydrogens is 218 g/mol. The molecule has 0 spiro atoms. The lowest BCUT2D eigenvalue weighted by Gasteiger charge is -2.20. The molecule has 1 aromatic carbocycles. The van der Waals surface area contributed by atoms with Gasteiger partial charge in [0.15, 0.2) is 0 Å². The molecule has 2 aliphatic rings. The Balaban J connectivity index is 1.64. The van der Waals surface area contributed by atoms with E-state index in [1.807, 2.05) is 0 Å². The van der Waals surface area contributed by atoms with Crippen molar-refractivity contribution in [3.63, 3.8) is 0 Å². The van der Waals surface area contributed by atoms with Crippen molar-refractivity contribution in [3.8, 4) is 0 Å². The van der Waals surface area contributed by atoms with Crippen LogP contribution in [0, 0.1) is 12.3 Å². The molecule has 1 saturated carbocycles. The van der Waals surface area contributed by atoms with E-state index in [-0.39, 0.29) is 0 Å². The molecule has 1 atom stereocenters. The van der Waals surface area contributed by atoms with Crippen molar-refractivity contribution in [2.75, 3.05) is 6.54 Å². The lowest BCUT2D eigenvalue weighted by Crippen LogP contribution is -2.27. The van der Waals surface area contributed by atoms with E-state index in [4.69, 9.17) is 0 Å². The molecule has 0 saturated heterocycles. The van der Waals surface area contributed by atoms with E-state index in [1.54, 1.807) is 11.1 Å². The third kappa shape index (κ3) is 2.33. The summed E-state index contributed by atoms with van der Waals surface area (Å²) < 4.78 is 0. The summed E-state index contributed by atoms with van der Waals surface area (Å²) in [6.45, 7) is 5.75. The molecule has 0 bridgehead atoms. The Morgan fingerprint density at radius 3 is 2.89 bits per heavy atom. The van der Waals surface area contributed by atoms with Gasteiger partial charge in [0.1, 0.15) is 0 Å². The molecule has 18 heavy (non-hydrogen) atoms. The van der Waals surface area contributed by atoms with Crippen molar-refractivity contribution >= 4 is 0 Å². The van der Waals surface area contributed by atoms with E-state index in [2.05, 4.69) is 37.4 Å². The van der Waals surface area contributed by atoms with E-state index >= 15 is 0 Å². The van der Waals surface area contributed by atoms with Gasteiger partial charge in [-0.15, -0.1) is 0 Å². The molecule has 0 heterocycles. The zero-order chi connectivity index (χ0) is 12.6. The minimum absolute atomic E-state index is 0.620. The maximum Gasteiger partial charge on any atom is 0.0326 e. The molecule has 1 N–H and O–H groups in total. The highest BCUT2D eigenvalue weighted by Gasteiger charge is 2.41. The van der Waals surface area contributed by atoms with Crippen molar-refractivity contribution in [2.24, 2.45) is 5.41 Å². The fourth-order valence-electron chi connectivity index (χ4n) is 3.50. The second kappa shape index (κ2) is 4.70. The van der Waals surface area contributed by atoms with Crippen LogP contribution in [0.4, 0.5) is 0 Å². The van der Waals surface area contributed by atoms with Crippen molar-refractivity contribution in [2.45, 2.75) is 58.4 Å². The molecule has 1 fully saturated rings. The molecule has 0 aliphatic heterocycles. The summed E-state index contributed by atoms with van der Waals surface area (Å²) >= 11 is 0. The zero-order valence-corrected chi connectivity index (χ0v) is 11.8. The lowest BCUT2D eigenvalue weighted by atomic mass is 9.99. The average Bonchev–Trinajstić information content (AvgIpc) is 3.01. The Hall–Kier alpha value is -0.820. The standard InChI is InChI=1S/C17H25N/c1-3-8-17(9-10-17)12-18-16-7-6-14-5-4-13(2)11-15(14)16/h4-5,11,16,18H,3,6-10,12H2,1-2H3. The van der Waals surface area contributed by atoms with Crippen molar-refractivity contribution in [1.82, 2.24) is 5.32 Å².